The zero-order chi connectivity index (χ0) is 52.2. The number of unbranched alkanes of at least 4 members (excludes halogenated alkanes) is 27. The van der Waals surface area contributed by atoms with Crippen molar-refractivity contribution in [2.45, 2.75) is 290 Å². The number of esters is 3. The van der Waals surface area contributed by atoms with Gasteiger partial charge in [-0.15, -0.1) is 0 Å². The fraction of sp³-hybridized carbons (Fsp3) is 0.712. The molecule has 0 aromatic carbocycles. The molecule has 0 aliphatic rings. The molecule has 0 rings (SSSR count). The molecular weight excluding hydrogens is 889 g/mol. The first-order valence-corrected chi connectivity index (χ1v) is 30.2. The lowest BCUT2D eigenvalue weighted by molar-refractivity contribution is -0.167. The van der Waals surface area contributed by atoms with Gasteiger partial charge in [-0.3, -0.25) is 14.4 Å². The largest absolute Gasteiger partial charge is 0.462 e. The standard InChI is InChI=1S/C66H112O6/c1-4-7-10-13-16-19-22-25-26-27-28-29-30-31-32-33-34-35-36-37-38-39-40-42-44-47-50-53-56-59-65(68)71-62-63(61-70-64(67)58-55-52-49-46-43-24-21-18-15-12-9-6-3)72-66(69)60-57-54-51-48-45-41-23-20-17-14-11-8-5-2/h7,10,16,18-21,23,25-26,28-29,31-32,34-35,63H,4-6,8-9,11-15,17,22,24,27,30,33,36-62H2,1-3H3/b10-7-,19-16-,21-18-,23-20-,26-25-,29-28-,32-31-,35-34-. The third-order valence-electron chi connectivity index (χ3n) is 12.8. The molecule has 412 valence electrons. The van der Waals surface area contributed by atoms with E-state index in [1.165, 1.54) is 128 Å². The maximum Gasteiger partial charge on any atom is 0.306 e. The van der Waals surface area contributed by atoms with Crippen LogP contribution in [0.3, 0.4) is 0 Å². The van der Waals surface area contributed by atoms with Gasteiger partial charge in [0, 0.05) is 19.3 Å². The highest BCUT2D eigenvalue weighted by Gasteiger charge is 2.19. The number of hydrogen-bond donors (Lipinski definition) is 0. The fourth-order valence-corrected chi connectivity index (χ4v) is 8.26. The Balaban J connectivity index is 4.24. The van der Waals surface area contributed by atoms with Gasteiger partial charge >= 0.3 is 17.9 Å². The number of carbonyl (C=O) groups is 3. The van der Waals surface area contributed by atoms with Gasteiger partial charge in [-0.1, -0.05) is 240 Å². The number of allylic oxidation sites excluding steroid dienone is 16. The minimum Gasteiger partial charge on any atom is -0.462 e. The summed E-state index contributed by atoms with van der Waals surface area (Å²) in [4.78, 5) is 38.1. The van der Waals surface area contributed by atoms with Crippen LogP contribution in [0.5, 0.6) is 0 Å². The molecule has 0 aliphatic carbocycles. The van der Waals surface area contributed by atoms with Gasteiger partial charge in [-0.2, -0.15) is 0 Å². The van der Waals surface area contributed by atoms with E-state index < -0.39 is 6.10 Å². The van der Waals surface area contributed by atoms with Crippen molar-refractivity contribution >= 4 is 17.9 Å². The fourth-order valence-electron chi connectivity index (χ4n) is 8.26. The molecule has 6 nitrogen and oxygen atoms in total. The molecule has 0 amide bonds. The van der Waals surface area contributed by atoms with Crippen molar-refractivity contribution in [2.75, 3.05) is 13.2 Å². The molecule has 72 heavy (non-hydrogen) atoms. The Morgan fingerprint density at radius 2 is 0.542 bits per heavy atom. The number of carbonyl (C=O) groups excluding carboxylic acids is 3. The summed E-state index contributed by atoms with van der Waals surface area (Å²) in [5, 5.41) is 0. The van der Waals surface area contributed by atoms with Crippen LogP contribution in [-0.2, 0) is 28.6 Å². The first-order chi connectivity index (χ1) is 35.5. The molecule has 0 radical (unpaired) electrons. The van der Waals surface area contributed by atoms with Gasteiger partial charge in [0.1, 0.15) is 13.2 Å². The lowest BCUT2D eigenvalue weighted by Gasteiger charge is -2.18. The van der Waals surface area contributed by atoms with Crippen LogP contribution in [0, 0.1) is 0 Å². The maximum absolute atomic E-state index is 12.8. The molecule has 0 spiro atoms. The second kappa shape index (κ2) is 59.9. The van der Waals surface area contributed by atoms with Crippen molar-refractivity contribution in [3.63, 3.8) is 0 Å². The molecule has 1 unspecified atom stereocenters. The predicted octanol–water partition coefficient (Wildman–Crippen LogP) is 20.5. The zero-order valence-corrected chi connectivity index (χ0v) is 47.2. The van der Waals surface area contributed by atoms with Gasteiger partial charge in [0.05, 0.1) is 0 Å². The molecule has 0 bridgehead atoms. The molecule has 0 aromatic heterocycles. The molecule has 0 aromatic rings. The summed E-state index contributed by atoms with van der Waals surface area (Å²) in [6.45, 7) is 6.48. The molecule has 0 heterocycles. The quantitative estimate of drug-likeness (QED) is 0.0261. The van der Waals surface area contributed by atoms with Gasteiger partial charge < -0.3 is 14.2 Å². The Morgan fingerprint density at radius 3 is 0.889 bits per heavy atom. The monoisotopic (exact) mass is 1000 g/mol. The lowest BCUT2D eigenvalue weighted by Crippen LogP contribution is -2.30. The van der Waals surface area contributed by atoms with Crippen LogP contribution in [0.15, 0.2) is 97.2 Å². The van der Waals surface area contributed by atoms with Crippen LogP contribution < -0.4 is 0 Å². The molecule has 0 fully saturated rings. The topological polar surface area (TPSA) is 78.9 Å². The van der Waals surface area contributed by atoms with E-state index in [0.29, 0.717) is 19.3 Å². The van der Waals surface area contributed by atoms with Crippen LogP contribution in [0.25, 0.3) is 0 Å². The normalized spacial score (nSPS) is 12.8. The van der Waals surface area contributed by atoms with E-state index in [2.05, 4.69) is 118 Å². The highest BCUT2D eigenvalue weighted by Crippen LogP contribution is 2.15. The van der Waals surface area contributed by atoms with Gasteiger partial charge in [0.2, 0.25) is 0 Å². The first-order valence-electron chi connectivity index (χ1n) is 30.2. The Morgan fingerprint density at radius 1 is 0.292 bits per heavy atom. The lowest BCUT2D eigenvalue weighted by atomic mass is 10.1. The van der Waals surface area contributed by atoms with E-state index in [0.717, 1.165) is 116 Å². The van der Waals surface area contributed by atoms with Crippen molar-refractivity contribution in [3.8, 4) is 0 Å². The Bertz CT molecular complexity index is 1430. The highest BCUT2D eigenvalue weighted by molar-refractivity contribution is 5.71. The molecule has 0 saturated heterocycles. The van der Waals surface area contributed by atoms with E-state index >= 15 is 0 Å². The minimum absolute atomic E-state index is 0.0849. The average molecular weight is 1000 g/mol. The second-order valence-corrected chi connectivity index (χ2v) is 19.9. The molecule has 0 saturated carbocycles. The molecule has 1 atom stereocenters. The predicted molar refractivity (Wildman–Crippen MR) is 311 cm³/mol. The van der Waals surface area contributed by atoms with Crippen molar-refractivity contribution in [2.24, 2.45) is 0 Å². The van der Waals surface area contributed by atoms with E-state index in [1.807, 2.05) is 0 Å². The summed E-state index contributed by atoms with van der Waals surface area (Å²) in [7, 11) is 0. The maximum atomic E-state index is 12.8. The van der Waals surface area contributed by atoms with Crippen LogP contribution in [0.4, 0.5) is 0 Å². The summed E-state index contributed by atoms with van der Waals surface area (Å²) >= 11 is 0. The Labute approximate surface area is 445 Å². The third kappa shape index (κ3) is 57.2. The van der Waals surface area contributed by atoms with Crippen LogP contribution in [-0.4, -0.2) is 37.2 Å². The smallest absolute Gasteiger partial charge is 0.306 e. The summed E-state index contributed by atoms with van der Waals surface area (Å²) in [5.74, 6) is -0.903. The van der Waals surface area contributed by atoms with E-state index in [1.54, 1.807) is 0 Å². The summed E-state index contributed by atoms with van der Waals surface area (Å²) < 4.78 is 16.8. The number of rotatable bonds is 54. The number of hydrogen-bond acceptors (Lipinski definition) is 6. The second-order valence-electron chi connectivity index (χ2n) is 19.9. The molecule has 0 aliphatic heterocycles. The van der Waals surface area contributed by atoms with Gasteiger partial charge in [-0.05, 0) is 122 Å². The van der Waals surface area contributed by atoms with E-state index in [9.17, 15) is 14.4 Å². The molecule has 6 heteroatoms. The van der Waals surface area contributed by atoms with Gasteiger partial charge in [0.15, 0.2) is 6.10 Å². The van der Waals surface area contributed by atoms with Crippen molar-refractivity contribution in [3.05, 3.63) is 97.2 Å². The van der Waals surface area contributed by atoms with E-state index in [-0.39, 0.29) is 31.1 Å². The van der Waals surface area contributed by atoms with Crippen molar-refractivity contribution < 1.29 is 28.6 Å². The van der Waals surface area contributed by atoms with Gasteiger partial charge in [0.25, 0.3) is 0 Å². The van der Waals surface area contributed by atoms with Crippen LogP contribution >= 0.6 is 0 Å². The Hall–Kier alpha value is -3.67. The minimum atomic E-state index is -0.786. The van der Waals surface area contributed by atoms with Crippen molar-refractivity contribution in [1.82, 2.24) is 0 Å². The van der Waals surface area contributed by atoms with E-state index in [4.69, 9.17) is 14.2 Å². The highest BCUT2D eigenvalue weighted by atomic mass is 16.6. The van der Waals surface area contributed by atoms with Crippen LogP contribution in [0.1, 0.15) is 284 Å². The Kier molecular flexibility index (Phi) is 56.8. The summed E-state index contributed by atoms with van der Waals surface area (Å²) in [5.41, 5.74) is 0. The third-order valence-corrected chi connectivity index (χ3v) is 12.8. The average Bonchev–Trinajstić information content (AvgIpc) is 3.38. The summed E-state index contributed by atoms with van der Waals surface area (Å²) in [6.07, 6.45) is 79.8. The number of ether oxygens (including phenoxy) is 3. The van der Waals surface area contributed by atoms with Crippen LogP contribution in [0.2, 0.25) is 0 Å². The molecule has 0 N–H and O–H groups in total. The molecular formula is C66H112O6. The van der Waals surface area contributed by atoms with Gasteiger partial charge in [-0.25, -0.2) is 0 Å². The first kappa shape index (κ1) is 68.3. The summed E-state index contributed by atoms with van der Waals surface area (Å²) in [6, 6.07) is 0. The van der Waals surface area contributed by atoms with Crippen molar-refractivity contribution in [1.29, 1.82) is 0 Å². The zero-order valence-electron chi connectivity index (χ0n) is 47.2. The SMILES string of the molecule is CC/C=C\C/C=C\C/C=C\C/C=C\C/C=C\C/C=C\CCCCCCCCCCCCC(=O)OCC(COC(=O)CCCCCCC/C=C\CCCCC)OC(=O)CCCCCCC/C=C\CCCCCC.